The number of nitrogens with one attached hydrogen (secondary N) is 1. The van der Waals surface area contributed by atoms with Gasteiger partial charge in [0, 0.05) is 5.69 Å². The van der Waals surface area contributed by atoms with Crippen LogP contribution in [0, 0.1) is 23.7 Å². The molecule has 6 nitrogen and oxygen atoms in total. The molecule has 27 heavy (non-hydrogen) atoms. The zero-order chi connectivity index (χ0) is 19.7. The van der Waals surface area contributed by atoms with Crippen LogP contribution in [-0.2, 0) is 14.3 Å². The highest BCUT2D eigenvalue weighted by molar-refractivity contribution is 5.97. The second-order valence-electron chi connectivity index (χ2n) is 7.42. The third-order valence-electron chi connectivity index (χ3n) is 5.67. The minimum absolute atomic E-state index is 0.0000878. The van der Waals surface area contributed by atoms with Crippen LogP contribution >= 0.6 is 0 Å². The lowest BCUT2D eigenvalue weighted by atomic mass is 9.78. The minimum atomic E-state index is -0.904. The van der Waals surface area contributed by atoms with Gasteiger partial charge in [-0.3, -0.25) is 9.59 Å². The highest BCUT2D eigenvalue weighted by atomic mass is 16.5. The molecule has 6 heteroatoms. The molecule has 2 N–H and O–H groups in total. The van der Waals surface area contributed by atoms with Crippen LogP contribution in [-0.4, -0.2) is 29.6 Å². The molecule has 144 valence electrons. The predicted molar refractivity (Wildman–Crippen MR) is 100 cm³/mol. The summed E-state index contributed by atoms with van der Waals surface area (Å²) in [7, 11) is 0. The Balaban J connectivity index is 1.78. The van der Waals surface area contributed by atoms with Crippen LogP contribution in [0.5, 0.6) is 0 Å². The molecule has 0 radical (unpaired) electrons. The third kappa shape index (κ3) is 3.48. The Labute approximate surface area is 158 Å². The summed E-state index contributed by atoms with van der Waals surface area (Å²) in [4.78, 5) is 36.5. The smallest absolute Gasteiger partial charge is 0.338 e. The normalized spacial score (nSPS) is 26.0. The molecule has 0 aliphatic heterocycles. The molecule has 0 unspecified atom stereocenters. The number of allylic oxidation sites excluding steroid dienone is 2. The molecule has 0 heterocycles. The zero-order valence-electron chi connectivity index (χ0n) is 15.8. The summed E-state index contributed by atoms with van der Waals surface area (Å²) < 4.78 is 4.94. The van der Waals surface area contributed by atoms with Gasteiger partial charge in [0.15, 0.2) is 0 Å². The highest BCUT2D eigenvalue weighted by Crippen LogP contribution is 2.57. The molecule has 0 aromatic heterocycles. The van der Waals surface area contributed by atoms with Crippen molar-refractivity contribution in [1.29, 1.82) is 0 Å². The second kappa shape index (κ2) is 7.55. The fraction of sp³-hybridized carbons (Fsp3) is 0.476. The van der Waals surface area contributed by atoms with Gasteiger partial charge in [-0.15, -0.1) is 0 Å². The highest BCUT2D eigenvalue weighted by Gasteiger charge is 2.57. The number of amides is 1. The number of hydrogen-bond donors (Lipinski definition) is 2. The molecule has 0 saturated heterocycles. The van der Waals surface area contributed by atoms with E-state index in [2.05, 4.69) is 5.32 Å². The first-order valence-electron chi connectivity index (χ1n) is 9.33. The van der Waals surface area contributed by atoms with E-state index in [0.717, 1.165) is 24.0 Å². The number of aliphatic carboxylic acids is 1. The quantitative estimate of drug-likeness (QED) is 0.610. The summed E-state index contributed by atoms with van der Waals surface area (Å²) in [5.74, 6) is -2.86. The molecule has 1 amide bonds. The van der Waals surface area contributed by atoms with E-state index in [1.807, 2.05) is 13.8 Å². The van der Waals surface area contributed by atoms with Gasteiger partial charge in [-0.1, -0.05) is 11.1 Å². The monoisotopic (exact) mass is 371 g/mol. The van der Waals surface area contributed by atoms with Crippen molar-refractivity contribution in [2.75, 3.05) is 11.9 Å². The number of esters is 1. The van der Waals surface area contributed by atoms with E-state index in [9.17, 15) is 19.5 Å². The summed E-state index contributed by atoms with van der Waals surface area (Å²) in [6, 6.07) is 6.44. The number of carbonyl (C=O) groups is 3. The zero-order valence-corrected chi connectivity index (χ0v) is 15.8. The molecule has 1 aromatic carbocycles. The Bertz CT molecular complexity index is 791. The van der Waals surface area contributed by atoms with Crippen LogP contribution < -0.4 is 5.32 Å². The molecular weight excluding hydrogens is 346 g/mol. The Morgan fingerprint density at radius 3 is 2.19 bits per heavy atom. The number of rotatable bonds is 5. The van der Waals surface area contributed by atoms with Crippen molar-refractivity contribution in [2.24, 2.45) is 23.7 Å². The molecule has 0 spiro atoms. The van der Waals surface area contributed by atoms with Gasteiger partial charge in [-0.05, 0) is 69.7 Å². The molecule has 4 atom stereocenters. The average molecular weight is 371 g/mol. The molecular formula is C21H25NO5. The fourth-order valence-electron chi connectivity index (χ4n) is 4.73. The van der Waals surface area contributed by atoms with Crippen LogP contribution in [0.2, 0.25) is 0 Å². The maximum Gasteiger partial charge on any atom is 0.338 e. The maximum atomic E-state index is 12.9. The number of carboxylic acids is 1. The number of carbonyl (C=O) groups excluding carboxylic acids is 2. The number of ether oxygens (including phenoxy) is 1. The van der Waals surface area contributed by atoms with E-state index in [4.69, 9.17) is 4.74 Å². The molecule has 2 aliphatic carbocycles. The van der Waals surface area contributed by atoms with Crippen molar-refractivity contribution in [3.63, 3.8) is 0 Å². The van der Waals surface area contributed by atoms with Crippen LogP contribution in [0.3, 0.4) is 0 Å². The average Bonchev–Trinajstić information content (AvgIpc) is 3.18. The van der Waals surface area contributed by atoms with E-state index in [0.29, 0.717) is 17.9 Å². The van der Waals surface area contributed by atoms with Crippen molar-refractivity contribution >= 4 is 23.5 Å². The number of anilines is 1. The van der Waals surface area contributed by atoms with Crippen molar-refractivity contribution in [1.82, 2.24) is 0 Å². The van der Waals surface area contributed by atoms with E-state index >= 15 is 0 Å². The lowest BCUT2D eigenvalue weighted by Crippen LogP contribution is -2.37. The largest absolute Gasteiger partial charge is 0.481 e. The van der Waals surface area contributed by atoms with E-state index in [1.165, 1.54) is 0 Å². The van der Waals surface area contributed by atoms with Gasteiger partial charge < -0.3 is 15.2 Å². The molecule has 2 saturated carbocycles. The maximum absolute atomic E-state index is 12.9. The van der Waals surface area contributed by atoms with E-state index in [1.54, 1.807) is 31.2 Å². The topological polar surface area (TPSA) is 92.7 Å². The SMILES string of the molecule is CCOC(=O)c1ccc(NC(=O)[C@@H]2[C@@H](C(=O)O)[C@H]3CC[C@@H]2C3=C(C)C)cc1. The molecule has 2 bridgehead atoms. The molecule has 2 aliphatic rings. The van der Waals surface area contributed by atoms with Gasteiger partial charge in [-0.2, -0.15) is 0 Å². The van der Waals surface area contributed by atoms with Gasteiger partial charge in [0.05, 0.1) is 24.0 Å². The van der Waals surface area contributed by atoms with Crippen molar-refractivity contribution in [3.8, 4) is 0 Å². The van der Waals surface area contributed by atoms with E-state index in [-0.39, 0.29) is 17.7 Å². The molecule has 3 rings (SSSR count). The van der Waals surface area contributed by atoms with Crippen molar-refractivity contribution in [2.45, 2.75) is 33.6 Å². The summed E-state index contributed by atoms with van der Waals surface area (Å²) in [6.45, 7) is 6.02. The van der Waals surface area contributed by atoms with Crippen LogP contribution in [0.4, 0.5) is 5.69 Å². The van der Waals surface area contributed by atoms with Gasteiger partial charge in [0.2, 0.25) is 5.91 Å². The summed E-state index contributed by atoms with van der Waals surface area (Å²) >= 11 is 0. The van der Waals surface area contributed by atoms with E-state index < -0.39 is 23.8 Å². The Kier molecular flexibility index (Phi) is 5.35. The number of hydrogen-bond acceptors (Lipinski definition) is 4. The summed E-state index contributed by atoms with van der Waals surface area (Å²) in [5, 5.41) is 12.5. The number of benzene rings is 1. The Morgan fingerprint density at radius 1 is 1.07 bits per heavy atom. The van der Waals surface area contributed by atoms with Gasteiger partial charge in [0.1, 0.15) is 0 Å². The predicted octanol–water partition coefficient (Wildman–Crippen LogP) is 3.50. The first-order valence-corrected chi connectivity index (χ1v) is 9.33. The van der Waals surface area contributed by atoms with Crippen LogP contribution in [0.25, 0.3) is 0 Å². The number of fused-ring (bicyclic) bond motifs is 2. The summed E-state index contributed by atoms with van der Waals surface area (Å²) in [6.07, 6.45) is 1.69. The van der Waals surface area contributed by atoms with Crippen LogP contribution in [0.15, 0.2) is 35.4 Å². The van der Waals surface area contributed by atoms with Crippen molar-refractivity contribution in [3.05, 3.63) is 41.0 Å². The van der Waals surface area contributed by atoms with Crippen LogP contribution in [0.1, 0.15) is 44.0 Å². The lowest BCUT2D eigenvalue weighted by molar-refractivity contribution is -0.148. The standard InChI is InChI=1S/C21H25NO5/c1-4-27-21(26)12-5-7-13(8-6-12)22-19(23)17-14-9-10-15(16(14)11(2)3)18(17)20(24)25/h5-8,14-15,17-18H,4,9-10H2,1-3H3,(H,22,23)(H,24,25)/t14-,15+,17+,18+/m1/s1. The fourth-order valence-corrected chi connectivity index (χ4v) is 4.73. The third-order valence-corrected chi connectivity index (χ3v) is 5.67. The summed E-state index contributed by atoms with van der Waals surface area (Å²) in [5.41, 5.74) is 3.23. The Morgan fingerprint density at radius 2 is 1.67 bits per heavy atom. The number of carboxylic acid groups (broad SMARTS) is 1. The lowest BCUT2D eigenvalue weighted by Gasteiger charge is -2.26. The first kappa shape index (κ1) is 19.1. The van der Waals surface area contributed by atoms with Gasteiger partial charge >= 0.3 is 11.9 Å². The Hall–Kier alpha value is -2.63. The molecule has 2 fully saturated rings. The van der Waals surface area contributed by atoms with Gasteiger partial charge in [0.25, 0.3) is 0 Å². The molecule has 1 aromatic rings. The second-order valence-corrected chi connectivity index (χ2v) is 7.42. The van der Waals surface area contributed by atoms with Crippen molar-refractivity contribution < 1.29 is 24.2 Å². The van der Waals surface area contributed by atoms with Gasteiger partial charge in [-0.25, -0.2) is 4.79 Å². The minimum Gasteiger partial charge on any atom is -0.481 e. The first-order chi connectivity index (χ1) is 12.8.